The summed E-state index contributed by atoms with van der Waals surface area (Å²) >= 11 is 1.68. The maximum absolute atomic E-state index is 5.81. The molecule has 68 valence electrons. The fourth-order valence-electron chi connectivity index (χ4n) is 1.29. The normalized spacial score (nSPS) is 10.6. The molecule has 2 aromatic heterocycles. The highest BCUT2D eigenvalue weighted by atomic mass is 32.1. The summed E-state index contributed by atoms with van der Waals surface area (Å²) in [6, 6.07) is 4.07. The molecular weight excluding hydrogens is 182 g/mol. The first-order valence-corrected chi connectivity index (χ1v) is 4.91. The Kier molecular flexibility index (Phi) is 1.84. The van der Waals surface area contributed by atoms with E-state index in [0.717, 1.165) is 17.1 Å². The summed E-state index contributed by atoms with van der Waals surface area (Å²) in [4.78, 5) is 1.17. The van der Waals surface area contributed by atoms with E-state index in [1.807, 2.05) is 25.4 Å². The molecule has 0 atom stereocenters. The fourth-order valence-corrected chi connectivity index (χ4v) is 2.06. The van der Waals surface area contributed by atoms with Crippen LogP contribution in [0.25, 0.3) is 10.6 Å². The molecule has 3 nitrogen and oxygen atoms in total. The largest absolute Gasteiger partial charge is 0.384 e. The second kappa shape index (κ2) is 2.88. The van der Waals surface area contributed by atoms with E-state index in [1.54, 1.807) is 16.0 Å². The summed E-state index contributed by atoms with van der Waals surface area (Å²) in [5, 5.41) is 6.40. The summed E-state index contributed by atoms with van der Waals surface area (Å²) in [5.74, 6) is 0.739. The molecule has 0 unspecified atom stereocenters. The first kappa shape index (κ1) is 8.31. The van der Waals surface area contributed by atoms with Gasteiger partial charge in [-0.05, 0) is 18.4 Å². The molecule has 0 fully saturated rings. The van der Waals surface area contributed by atoms with Gasteiger partial charge in [-0.25, -0.2) is 0 Å². The molecule has 13 heavy (non-hydrogen) atoms. The van der Waals surface area contributed by atoms with E-state index < -0.39 is 0 Å². The lowest BCUT2D eigenvalue weighted by atomic mass is 10.2. The number of aromatic nitrogens is 2. The zero-order valence-electron chi connectivity index (χ0n) is 7.61. The molecule has 4 heteroatoms. The Bertz CT molecular complexity index is 414. The smallest absolute Gasteiger partial charge is 0.124 e. The Morgan fingerprint density at radius 1 is 1.54 bits per heavy atom. The second-order valence-corrected chi connectivity index (χ2v) is 3.91. The topological polar surface area (TPSA) is 43.8 Å². The number of anilines is 1. The van der Waals surface area contributed by atoms with Gasteiger partial charge >= 0.3 is 0 Å². The standard InChI is InChI=1S/C9H11N3S/c1-6-8(7-4-3-5-13-7)11-12(2)9(6)10/h3-5H,10H2,1-2H3. The minimum absolute atomic E-state index is 0.739. The van der Waals surface area contributed by atoms with Crippen molar-refractivity contribution in [2.75, 3.05) is 5.73 Å². The predicted octanol–water partition coefficient (Wildman–Crippen LogP) is 2.04. The Labute approximate surface area is 80.8 Å². The molecular formula is C9H11N3S. The minimum Gasteiger partial charge on any atom is -0.384 e. The lowest BCUT2D eigenvalue weighted by Gasteiger charge is -1.92. The molecule has 2 rings (SSSR count). The van der Waals surface area contributed by atoms with Crippen molar-refractivity contribution in [3.8, 4) is 10.6 Å². The van der Waals surface area contributed by atoms with Crippen LogP contribution in [0.3, 0.4) is 0 Å². The van der Waals surface area contributed by atoms with Crippen LogP contribution in [0.5, 0.6) is 0 Å². The van der Waals surface area contributed by atoms with Gasteiger partial charge in [0.15, 0.2) is 0 Å². The van der Waals surface area contributed by atoms with Crippen LogP contribution < -0.4 is 5.73 Å². The number of hydrogen-bond acceptors (Lipinski definition) is 3. The fraction of sp³-hybridized carbons (Fsp3) is 0.222. The van der Waals surface area contributed by atoms with Crippen molar-refractivity contribution in [3.63, 3.8) is 0 Å². The van der Waals surface area contributed by atoms with E-state index in [2.05, 4.69) is 11.2 Å². The third-order valence-corrected chi connectivity index (χ3v) is 2.97. The van der Waals surface area contributed by atoms with E-state index in [9.17, 15) is 0 Å². The molecule has 0 saturated heterocycles. The first-order valence-electron chi connectivity index (χ1n) is 4.03. The number of nitrogens with two attached hydrogens (primary N) is 1. The summed E-state index contributed by atoms with van der Waals surface area (Å²) in [6.07, 6.45) is 0. The van der Waals surface area contributed by atoms with E-state index in [-0.39, 0.29) is 0 Å². The molecule has 0 aliphatic rings. The van der Waals surface area contributed by atoms with Gasteiger partial charge in [0, 0.05) is 12.6 Å². The van der Waals surface area contributed by atoms with Crippen LogP contribution in [-0.2, 0) is 7.05 Å². The average molecular weight is 193 g/mol. The maximum atomic E-state index is 5.81. The monoisotopic (exact) mass is 193 g/mol. The predicted molar refractivity (Wildman–Crippen MR) is 55.7 cm³/mol. The van der Waals surface area contributed by atoms with Crippen molar-refractivity contribution in [2.24, 2.45) is 7.05 Å². The van der Waals surface area contributed by atoms with Gasteiger partial charge in [-0.3, -0.25) is 4.68 Å². The number of hydrogen-bond donors (Lipinski definition) is 1. The van der Waals surface area contributed by atoms with Gasteiger partial charge in [0.25, 0.3) is 0 Å². The second-order valence-electron chi connectivity index (χ2n) is 2.96. The Balaban J connectivity index is 2.59. The zero-order chi connectivity index (χ0) is 9.42. The van der Waals surface area contributed by atoms with Gasteiger partial charge in [-0.1, -0.05) is 6.07 Å². The van der Waals surface area contributed by atoms with Gasteiger partial charge in [0.1, 0.15) is 11.5 Å². The van der Waals surface area contributed by atoms with Gasteiger partial charge in [0.05, 0.1) is 4.88 Å². The Morgan fingerprint density at radius 3 is 2.77 bits per heavy atom. The molecule has 2 N–H and O–H groups in total. The van der Waals surface area contributed by atoms with Crippen molar-refractivity contribution in [3.05, 3.63) is 23.1 Å². The number of thiophene rings is 1. The summed E-state index contributed by atoms with van der Waals surface area (Å²) in [7, 11) is 1.86. The minimum atomic E-state index is 0.739. The zero-order valence-corrected chi connectivity index (χ0v) is 8.43. The molecule has 0 spiro atoms. The van der Waals surface area contributed by atoms with Crippen molar-refractivity contribution in [1.29, 1.82) is 0 Å². The lowest BCUT2D eigenvalue weighted by Crippen LogP contribution is -1.97. The van der Waals surface area contributed by atoms with Crippen LogP contribution in [0.2, 0.25) is 0 Å². The molecule has 0 bridgehead atoms. The lowest BCUT2D eigenvalue weighted by molar-refractivity contribution is 0.782. The Hall–Kier alpha value is -1.29. The summed E-state index contributed by atoms with van der Waals surface area (Å²) in [5.41, 5.74) is 7.87. The third kappa shape index (κ3) is 1.23. The SMILES string of the molecule is Cc1c(-c2cccs2)nn(C)c1N. The summed E-state index contributed by atoms with van der Waals surface area (Å²) in [6.45, 7) is 2.00. The molecule has 0 saturated carbocycles. The quantitative estimate of drug-likeness (QED) is 0.753. The first-order chi connectivity index (χ1) is 6.20. The van der Waals surface area contributed by atoms with Crippen molar-refractivity contribution >= 4 is 17.2 Å². The van der Waals surface area contributed by atoms with Gasteiger partial charge in [-0.15, -0.1) is 11.3 Å². The van der Waals surface area contributed by atoms with Crippen molar-refractivity contribution in [2.45, 2.75) is 6.92 Å². The molecule has 0 aliphatic heterocycles. The third-order valence-electron chi connectivity index (χ3n) is 2.09. The van der Waals surface area contributed by atoms with E-state index in [0.29, 0.717) is 0 Å². The van der Waals surface area contributed by atoms with Crippen LogP contribution in [0.15, 0.2) is 17.5 Å². The van der Waals surface area contributed by atoms with Crippen LogP contribution in [-0.4, -0.2) is 9.78 Å². The Morgan fingerprint density at radius 2 is 2.31 bits per heavy atom. The van der Waals surface area contributed by atoms with Crippen LogP contribution in [0.4, 0.5) is 5.82 Å². The maximum Gasteiger partial charge on any atom is 0.124 e. The van der Waals surface area contributed by atoms with E-state index in [1.165, 1.54) is 4.88 Å². The van der Waals surface area contributed by atoms with Gasteiger partial charge < -0.3 is 5.73 Å². The van der Waals surface area contributed by atoms with Crippen LogP contribution in [0.1, 0.15) is 5.56 Å². The van der Waals surface area contributed by atoms with Gasteiger partial charge in [0.2, 0.25) is 0 Å². The highest BCUT2D eigenvalue weighted by Crippen LogP contribution is 2.28. The number of nitrogen functional groups attached to an aromatic ring is 1. The molecule has 0 aromatic carbocycles. The molecule has 2 aromatic rings. The van der Waals surface area contributed by atoms with Crippen molar-refractivity contribution in [1.82, 2.24) is 9.78 Å². The van der Waals surface area contributed by atoms with Gasteiger partial charge in [-0.2, -0.15) is 5.10 Å². The molecule has 0 amide bonds. The van der Waals surface area contributed by atoms with Crippen LogP contribution in [0, 0.1) is 6.92 Å². The molecule has 0 radical (unpaired) electrons. The van der Waals surface area contributed by atoms with E-state index in [4.69, 9.17) is 5.73 Å². The number of rotatable bonds is 1. The number of aryl methyl sites for hydroxylation is 1. The number of nitrogens with zero attached hydrogens (tertiary/aromatic N) is 2. The van der Waals surface area contributed by atoms with E-state index >= 15 is 0 Å². The van der Waals surface area contributed by atoms with Crippen molar-refractivity contribution < 1.29 is 0 Å². The highest BCUT2D eigenvalue weighted by molar-refractivity contribution is 7.13. The average Bonchev–Trinajstić information content (AvgIpc) is 2.70. The molecule has 2 heterocycles. The highest BCUT2D eigenvalue weighted by Gasteiger charge is 2.11. The summed E-state index contributed by atoms with van der Waals surface area (Å²) < 4.78 is 1.71. The van der Waals surface area contributed by atoms with Crippen LogP contribution >= 0.6 is 11.3 Å². The molecule has 0 aliphatic carbocycles.